The minimum atomic E-state index is -0.451. The van der Waals surface area contributed by atoms with Crippen LogP contribution in [0.15, 0.2) is 47.5 Å². The molecular weight excluding hydrogens is 343 g/mol. The molecular formula is C18H15FN2O3S. The fourth-order valence-corrected chi connectivity index (χ4v) is 3.38. The van der Waals surface area contributed by atoms with Crippen LogP contribution in [0.25, 0.3) is 10.2 Å². The lowest BCUT2D eigenvalue weighted by molar-refractivity contribution is 0.0526. The standard InChI is InChI=1S/C18H15FN2O3S/c1-3-24-17(23)12-6-9-14-15(10-12)25-18(21(14)2)20-16(22)11-4-7-13(19)8-5-11/h4-10H,3H2,1-2H3. The fourth-order valence-electron chi connectivity index (χ4n) is 2.33. The van der Waals surface area contributed by atoms with E-state index in [1.54, 1.807) is 36.7 Å². The average Bonchev–Trinajstić information content (AvgIpc) is 2.91. The molecule has 7 heteroatoms. The number of aryl methyl sites for hydroxylation is 1. The van der Waals surface area contributed by atoms with E-state index >= 15 is 0 Å². The van der Waals surface area contributed by atoms with E-state index in [2.05, 4.69) is 4.99 Å². The molecule has 5 nitrogen and oxygen atoms in total. The van der Waals surface area contributed by atoms with E-state index in [1.165, 1.54) is 35.6 Å². The zero-order valence-corrected chi connectivity index (χ0v) is 14.5. The largest absolute Gasteiger partial charge is 0.462 e. The highest BCUT2D eigenvalue weighted by molar-refractivity contribution is 7.16. The molecule has 0 radical (unpaired) electrons. The van der Waals surface area contributed by atoms with Crippen molar-refractivity contribution in [1.29, 1.82) is 0 Å². The predicted octanol–water partition coefficient (Wildman–Crippen LogP) is 3.30. The first-order valence-corrected chi connectivity index (χ1v) is 8.42. The number of thiazole rings is 1. The van der Waals surface area contributed by atoms with E-state index in [0.29, 0.717) is 22.5 Å². The fraction of sp³-hybridized carbons (Fsp3) is 0.167. The minimum Gasteiger partial charge on any atom is -0.462 e. The number of carbonyl (C=O) groups is 2. The highest BCUT2D eigenvalue weighted by atomic mass is 32.1. The molecule has 2 aromatic carbocycles. The zero-order valence-electron chi connectivity index (χ0n) is 13.7. The Hall–Kier alpha value is -2.80. The number of aromatic nitrogens is 1. The van der Waals surface area contributed by atoms with Crippen LogP contribution in [0, 0.1) is 5.82 Å². The summed E-state index contributed by atoms with van der Waals surface area (Å²) in [4.78, 5) is 28.7. The topological polar surface area (TPSA) is 60.7 Å². The summed E-state index contributed by atoms with van der Waals surface area (Å²) in [7, 11) is 1.79. The Balaban J connectivity index is 2.01. The lowest BCUT2D eigenvalue weighted by Gasteiger charge is -2.01. The number of esters is 1. The van der Waals surface area contributed by atoms with Crippen LogP contribution < -0.4 is 4.80 Å². The van der Waals surface area contributed by atoms with Crippen LogP contribution in [0.1, 0.15) is 27.6 Å². The van der Waals surface area contributed by atoms with Gasteiger partial charge in [-0.1, -0.05) is 11.3 Å². The number of ether oxygens (including phenoxy) is 1. The number of halogens is 1. The van der Waals surface area contributed by atoms with Gasteiger partial charge >= 0.3 is 5.97 Å². The molecule has 25 heavy (non-hydrogen) atoms. The smallest absolute Gasteiger partial charge is 0.338 e. The molecule has 0 atom stereocenters. The average molecular weight is 358 g/mol. The lowest BCUT2D eigenvalue weighted by Crippen LogP contribution is -2.13. The Morgan fingerprint density at radius 3 is 2.52 bits per heavy atom. The van der Waals surface area contributed by atoms with Gasteiger partial charge in [-0.15, -0.1) is 0 Å². The van der Waals surface area contributed by atoms with Gasteiger partial charge in [0.15, 0.2) is 4.80 Å². The third-order valence-electron chi connectivity index (χ3n) is 3.61. The van der Waals surface area contributed by atoms with Gasteiger partial charge in [0.25, 0.3) is 5.91 Å². The minimum absolute atomic E-state index is 0.307. The van der Waals surface area contributed by atoms with Crippen molar-refractivity contribution in [2.24, 2.45) is 12.0 Å². The molecule has 0 spiro atoms. The van der Waals surface area contributed by atoms with Crippen molar-refractivity contribution in [2.75, 3.05) is 6.61 Å². The third-order valence-corrected chi connectivity index (χ3v) is 4.70. The number of nitrogens with zero attached hydrogens (tertiary/aromatic N) is 2. The van der Waals surface area contributed by atoms with Gasteiger partial charge in [0.1, 0.15) is 5.82 Å². The maximum atomic E-state index is 13.0. The summed E-state index contributed by atoms with van der Waals surface area (Å²) < 4.78 is 20.5. The molecule has 0 bridgehead atoms. The van der Waals surface area contributed by atoms with Gasteiger partial charge in [0.05, 0.1) is 22.4 Å². The van der Waals surface area contributed by atoms with Gasteiger partial charge in [0, 0.05) is 12.6 Å². The number of amides is 1. The molecule has 0 fully saturated rings. The molecule has 1 amide bonds. The molecule has 0 aliphatic rings. The molecule has 1 aromatic heterocycles. The summed E-state index contributed by atoms with van der Waals surface area (Å²) in [6, 6.07) is 10.4. The summed E-state index contributed by atoms with van der Waals surface area (Å²) in [5.74, 6) is -1.25. The van der Waals surface area contributed by atoms with E-state index in [1.807, 2.05) is 0 Å². The number of hydrogen-bond donors (Lipinski definition) is 0. The first kappa shape index (κ1) is 17.0. The maximum Gasteiger partial charge on any atom is 0.338 e. The van der Waals surface area contributed by atoms with Gasteiger partial charge in [-0.3, -0.25) is 4.79 Å². The summed E-state index contributed by atoms with van der Waals surface area (Å²) >= 11 is 1.29. The van der Waals surface area contributed by atoms with Crippen molar-refractivity contribution in [2.45, 2.75) is 6.92 Å². The molecule has 0 N–H and O–H groups in total. The highest BCUT2D eigenvalue weighted by Crippen LogP contribution is 2.19. The number of fused-ring (bicyclic) bond motifs is 1. The monoisotopic (exact) mass is 358 g/mol. The second-order valence-electron chi connectivity index (χ2n) is 5.27. The predicted molar refractivity (Wildman–Crippen MR) is 93.0 cm³/mol. The SMILES string of the molecule is CCOC(=O)c1ccc2c(c1)sc(=NC(=O)c1ccc(F)cc1)n2C. The second-order valence-corrected chi connectivity index (χ2v) is 6.28. The van der Waals surface area contributed by atoms with Crippen LogP contribution >= 0.6 is 11.3 Å². The molecule has 128 valence electrons. The van der Waals surface area contributed by atoms with Crippen molar-refractivity contribution in [1.82, 2.24) is 4.57 Å². The van der Waals surface area contributed by atoms with Gasteiger partial charge in [0.2, 0.25) is 0 Å². The summed E-state index contributed by atoms with van der Waals surface area (Å²) in [6.07, 6.45) is 0. The van der Waals surface area contributed by atoms with E-state index < -0.39 is 11.7 Å². The first-order chi connectivity index (χ1) is 12.0. The number of hydrogen-bond acceptors (Lipinski definition) is 4. The van der Waals surface area contributed by atoms with Crippen LogP contribution in [0.2, 0.25) is 0 Å². The summed E-state index contributed by atoms with van der Waals surface area (Å²) in [6.45, 7) is 2.06. The van der Waals surface area contributed by atoms with Crippen LogP contribution in [0.3, 0.4) is 0 Å². The van der Waals surface area contributed by atoms with Crippen molar-refractivity contribution < 1.29 is 18.7 Å². The maximum absolute atomic E-state index is 13.0. The molecule has 0 unspecified atom stereocenters. The second kappa shape index (κ2) is 6.98. The van der Waals surface area contributed by atoms with Gasteiger partial charge in [-0.25, -0.2) is 9.18 Å². The molecule has 0 aliphatic heterocycles. The van der Waals surface area contributed by atoms with Gasteiger partial charge in [-0.2, -0.15) is 4.99 Å². The van der Waals surface area contributed by atoms with Crippen molar-refractivity contribution >= 4 is 33.4 Å². The van der Waals surface area contributed by atoms with Crippen molar-refractivity contribution in [3.8, 4) is 0 Å². The molecule has 3 rings (SSSR count). The molecule has 0 saturated heterocycles. The lowest BCUT2D eigenvalue weighted by atomic mass is 10.2. The molecule has 3 aromatic rings. The number of carbonyl (C=O) groups excluding carboxylic acids is 2. The molecule has 0 aliphatic carbocycles. The van der Waals surface area contributed by atoms with Crippen LogP contribution in [0.5, 0.6) is 0 Å². The van der Waals surface area contributed by atoms with E-state index in [4.69, 9.17) is 4.74 Å². The zero-order chi connectivity index (χ0) is 18.0. The van der Waals surface area contributed by atoms with Crippen molar-refractivity contribution in [3.63, 3.8) is 0 Å². The first-order valence-electron chi connectivity index (χ1n) is 7.61. The summed E-state index contributed by atoms with van der Waals surface area (Å²) in [5, 5.41) is 0. The molecule has 1 heterocycles. The van der Waals surface area contributed by atoms with Crippen LogP contribution in [-0.2, 0) is 11.8 Å². The van der Waals surface area contributed by atoms with E-state index in [-0.39, 0.29) is 5.97 Å². The number of benzene rings is 2. The van der Waals surface area contributed by atoms with Gasteiger partial charge < -0.3 is 9.30 Å². The summed E-state index contributed by atoms with van der Waals surface area (Å²) in [5.41, 5.74) is 1.61. The van der Waals surface area contributed by atoms with E-state index in [9.17, 15) is 14.0 Å². The Morgan fingerprint density at radius 1 is 1.16 bits per heavy atom. The van der Waals surface area contributed by atoms with Crippen LogP contribution in [-0.4, -0.2) is 23.1 Å². The van der Waals surface area contributed by atoms with E-state index in [0.717, 1.165) is 10.2 Å². The van der Waals surface area contributed by atoms with Crippen molar-refractivity contribution in [3.05, 3.63) is 64.2 Å². The Kier molecular flexibility index (Phi) is 4.76. The molecule has 0 saturated carbocycles. The highest BCUT2D eigenvalue weighted by Gasteiger charge is 2.11. The quantitative estimate of drug-likeness (QED) is 0.675. The van der Waals surface area contributed by atoms with Crippen LogP contribution in [0.4, 0.5) is 4.39 Å². The Bertz CT molecular complexity index is 1020. The normalized spacial score (nSPS) is 11.7. The Morgan fingerprint density at radius 2 is 1.84 bits per heavy atom. The number of rotatable bonds is 3. The van der Waals surface area contributed by atoms with Gasteiger partial charge in [-0.05, 0) is 49.4 Å². The third kappa shape index (κ3) is 3.51. The Labute approximate surface area is 147 Å².